The second kappa shape index (κ2) is 2.69. The van der Waals surface area contributed by atoms with Crippen LogP contribution in [0.25, 0.3) is 0 Å². The van der Waals surface area contributed by atoms with Crippen LogP contribution in [0.3, 0.4) is 0 Å². The highest BCUT2D eigenvalue weighted by atomic mass is 31.1. The standard InChI is InChI=1S/C3H6O3P/c1-3(4)6-7(2)5/h1-2H3/q+1. The van der Waals surface area contributed by atoms with Crippen molar-refractivity contribution in [2.24, 2.45) is 0 Å². The van der Waals surface area contributed by atoms with E-state index in [1.807, 2.05) is 0 Å². The Labute approximate surface area is 42.5 Å². The van der Waals surface area contributed by atoms with Gasteiger partial charge < -0.3 is 0 Å². The Morgan fingerprint density at radius 3 is 2.14 bits per heavy atom. The predicted octanol–water partition coefficient (Wildman–Crippen LogP) is 0.922. The molecule has 0 fully saturated rings. The van der Waals surface area contributed by atoms with Crippen molar-refractivity contribution in [3.05, 3.63) is 0 Å². The molecule has 0 bridgehead atoms. The molecule has 0 rings (SSSR count). The summed E-state index contributed by atoms with van der Waals surface area (Å²) in [6.07, 6.45) is 0. The lowest BCUT2D eigenvalue weighted by Gasteiger charge is -1.73. The number of carbonyl (C=O) groups is 1. The fourth-order valence-corrected chi connectivity index (χ4v) is 0.543. The van der Waals surface area contributed by atoms with Crippen molar-refractivity contribution < 1.29 is 13.9 Å². The van der Waals surface area contributed by atoms with Crippen LogP contribution >= 0.6 is 8.03 Å². The molecule has 0 N–H and O–H groups in total. The second-order valence-corrected chi connectivity index (χ2v) is 2.08. The summed E-state index contributed by atoms with van der Waals surface area (Å²) in [4.78, 5) is 9.85. The van der Waals surface area contributed by atoms with E-state index < -0.39 is 14.0 Å². The van der Waals surface area contributed by atoms with Gasteiger partial charge in [0.25, 0.3) is 0 Å². The molecular weight excluding hydrogens is 115 g/mol. The lowest BCUT2D eigenvalue weighted by atomic mass is 10.9. The second-order valence-electron chi connectivity index (χ2n) is 1.02. The maximum absolute atomic E-state index is 9.96. The molecule has 0 aliphatic heterocycles. The van der Waals surface area contributed by atoms with E-state index in [2.05, 4.69) is 4.52 Å². The highest BCUT2D eigenvalue weighted by molar-refractivity contribution is 7.38. The first kappa shape index (κ1) is 6.57. The van der Waals surface area contributed by atoms with E-state index >= 15 is 0 Å². The largest absolute Gasteiger partial charge is 0.555 e. The minimum absolute atomic E-state index is 0.497. The smallest absolute Gasteiger partial charge is 0.247 e. The third kappa shape index (κ3) is 5.57. The fraction of sp³-hybridized carbons (Fsp3) is 0.667. The molecule has 0 saturated heterocycles. The van der Waals surface area contributed by atoms with Gasteiger partial charge in [-0.05, 0) is 4.57 Å². The lowest BCUT2D eigenvalue weighted by molar-refractivity contribution is -0.131. The molecule has 0 aromatic rings. The molecule has 0 saturated carbocycles. The third-order valence-electron chi connectivity index (χ3n) is 0.257. The van der Waals surface area contributed by atoms with Crippen molar-refractivity contribution >= 4 is 14.0 Å². The summed E-state index contributed by atoms with van der Waals surface area (Å²) in [6, 6.07) is 0. The number of hydrogen-bond acceptors (Lipinski definition) is 3. The average molecular weight is 121 g/mol. The van der Waals surface area contributed by atoms with E-state index in [0.29, 0.717) is 0 Å². The monoisotopic (exact) mass is 121 g/mol. The summed E-state index contributed by atoms with van der Waals surface area (Å²) >= 11 is 0. The van der Waals surface area contributed by atoms with Gasteiger partial charge >= 0.3 is 14.0 Å². The van der Waals surface area contributed by atoms with E-state index in [9.17, 15) is 9.36 Å². The van der Waals surface area contributed by atoms with Gasteiger partial charge in [0.1, 0.15) is 0 Å². The molecule has 1 atom stereocenters. The van der Waals surface area contributed by atoms with Crippen LogP contribution in [0.1, 0.15) is 6.92 Å². The summed E-state index contributed by atoms with van der Waals surface area (Å²) in [5, 5.41) is 0. The zero-order valence-electron chi connectivity index (χ0n) is 4.17. The highest BCUT2D eigenvalue weighted by Crippen LogP contribution is 2.13. The molecule has 3 nitrogen and oxygen atoms in total. The maximum Gasteiger partial charge on any atom is 0.555 e. The van der Waals surface area contributed by atoms with Crippen LogP contribution < -0.4 is 0 Å². The molecule has 0 aliphatic carbocycles. The molecule has 0 heterocycles. The first-order valence-corrected chi connectivity index (χ1v) is 3.35. The minimum Gasteiger partial charge on any atom is -0.247 e. The van der Waals surface area contributed by atoms with E-state index in [4.69, 9.17) is 0 Å². The molecule has 0 aromatic heterocycles. The minimum atomic E-state index is -1.74. The van der Waals surface area contributed by atoms with Gasteiger partial charge in [0.05, 0.1) is 0 Å². The summed E-state index contributed by atoms with van der Waals surface area (Å²) < 4.78 is 14.1. The Bertz CT molecular complexity index is 86.4. The van der Waals surface area contributed by atoms with E-state index in [0.717, 1.165) is 0 Å². The van der Waals surface area contributed by atoms with Crippen LogP contribution in [0, 0.1) is 0 Å². The van der Waals surface area contributed by atoms with E-state index in [-0.39, 0.29) is 0 Å². The van der Waals surface area contributed by atoms with Gasteiger partial charge in [-0.25, -0.2) is 9.32 Å². The van der Waals surface area contributed by atoms with Crippen molar-refractivity contribution in [3.63, 3.8) is 0 Å². The molecule has 40 valence electrons. The van der Waals surface area contributed by atoms with Crippen molar-refractivity contribution in [1.82, 2.24) is 0 Å². The Balaban J connectivity index is 3.32. The first-order chi connectivity index (χ1) is 3.13. The summed E-state index contributed by atoms with van der Waals surface area (Å²) in [6.45, 7) is 2.55. The Morgan fingerprint density at radius 2 is 2.14 bits per heavy atom. The molecule has 4 heteroatoms. The van der Waals surface area contributed by atoms with Crippen LogP contribution in [0.15, 0.2) is 0 Å². The van der Waals surface area contributed by atoms with Crippen molar-refractivity contribution in [1.29, 1.82) is 0 Å². The van der Waals surface area contributed by atoms with Crippen molar-refractivity contribution in [3.8, 4) is 0 Å². The molecule has 1 unspecified atom stereocenters. The first-order valence-electron chi connectivity index (χ1n) is 1.72. The van der Waals surface area contributed by atoms with E-state index in [1.54, 1.807) is 0 Å². The Hall–Kier alpha value is -0.430. The maximum atomic E-state index is 9.96. The quantitative estimate of drug-likeness (QED) is 0.484. The topological polar surface area (TPSA) is 43.4 Å². The van der Waals surface area contributed by atoms with Crippen LogP contribution in [-0.2, 0) is 13.9 Å². The van der Waals surface area contributed by atoms with Gasteiger partial charge in [0.15, 0.2) is 6.66 Å². The van der Waals surface area contributed by atoms with Gasteiger partial charge in [-0.1, -0.05) is 0 Å². The molecule has 7 heavy (non-hydrogen) atoms. The Morgan fingerprint density at radius 1 is 1.71 bits per heavy atom. The van der Waals surface area contributed by atoms with Gasteiger partial charge in [-0.15, -0.1) is 0 Å². The number of hydrogen-bond donors (Lipinski definition) is 0. The molecule has 0 aliphatic rings. The lowest BCUT2D eigenvalue weighted by Crippen LogP contribution is -1.86. The van der Waals surface area contributed by atoms with Gasteiger partial charge in [0, 0.05) is 6.92 Å². The van der Waals surface area contributed by atoms with Crippen molar-refractivity contribution in [2.45, 2.75) is 6.92 Å². The zero-order chi connectivity index (χ0) is 5.86. The molecule has 0 aromatic carbocycles. The third-order valence-corrected chi connectivity index (χ3v) is 0.771. The van der Waals surface area contributed by atoms with Crippen LogP contribution in [0.2, 0.25) is 0 Å². The van der Waals surface area contributed by atoms with E-state index in [1.165, 1.54) is 13.6 Å². The average Bonchev–Trinajstić information content (AvgIpc) is 1.27. The van der Waals surface area contributed by atoms with Crippen LogP contribution in [0.4, 0.5) is 0 Å². The normalized spacial score (nSPS) is 10.3. The summed E-state index contributed by atoms with van der Waals surface area (Å²) in [7, 11) is -1.74. The van der Waals surface area contributed by atoms with Gasteiger partial charge in [0.2, 0.25) is 0 Å². The SMILES string of the molecule is CC(=O)O[P+](C)=O. The summed E-state index contributed by atoms with van der Waals surface area (Å²) in [5.41, 5.74) is 0. The molecular formula is C3H6O3P+. The fourth-order valence-electron chi connectivity index (χ4n) is 0.181. The van der Waals surface area contributed by atoms with Gasteiger partial charge in [-0.3, -0.25) is 0 Å². The molecule has 0 spiro atoms. The van der Waals surface area contributed by atoms with Crippen LogP contribution in [0.5, 0.6) is 0 Å². The Kier molecular flexibility index (Phi) is 2.53. The molecule has 0 radical (unpaired) electrons. The predicted molar refractivity (Wildman–Crippen MR) is 25.3 cm³/mol. The van der Waals surface area contributed by atoms with Gasteiger partial charge in [-0.2, -0.15) is 0 Å². The number of carbonyl (C=O) groups excluding carboxylic acids is 1. The summed E-state index contributed by atoms with van der Waals surface area (Å²) in [5.74, 6) is -0.497. The zero-order valence-corrected chi connectivity index (χ0v) is 5.07. The number of rotatable bonds is 1. The van der Waals surface area contributed by atoms with Crippen LogP contribution in [-0.4, -0.2) is 12.6 Å². The molecule has 0 amide bonds. The van der Waals surface area contributed by atoms with Crippen molar-refractivity contribution in [2.75, 3.05) is 6.66 Å². The highest BCUT2D eigenvalue weighted by Gasteiger charge is 2.08.